The SMILES string of the molecule is CC1(C)CC(=O)c2cnc3c(C(=O)NC4CC4)cnn3c2C1. The Hall–Kier alpha value is -2.24. The van der Waals surface area contributed by atoms with Gasteiger partial charge in [0.25, 0.3) is 5.91 Å². The third-order valence-corrected chi connectivity index (χ3v) is 4.37. The van der Waals surface area contributed by atoms with Gasteiger partial charge in [-0.15, -0.1) is 0 Å². The second-order valence-corrected chi connectivity index (χ2v) is 7.10. The number of aromatic nitrogens is 3. The van der Waals surface area contributed by atoms with Gasteiger partial charge in [-0.1, -0.05) is 13.8 Å². The Labute approximate surface area is 127 Å². The van der Waals surface area contributed by atoms with Gasteiger partial charge in [0.1, 0.15) is 5.56 Å². The number of Topliss-reactive ketones (excluding diaryl/α,β-unsaturated/α-hetero) is 1. The van der Waals surface area contributed by atoms with Gasteiger partial charge >= 0.3 is 0 Å². The highest BCUT2D eigenvalue weighted by molar-refractivity contribution is 6.01. The maximum Gasteiger partial charge on any atom is 0.256 e. The minimum Gasteiger partial charge on any atom is -0.349 e. The van der Waals surface area contributed by atoms with Gasteiger partial charge in [-0.3, -0.25) is 9.59 Å². The summed E-state index contributed by atoms with van der Waals surface area (Å²) < 4.78 is 1.66. The van der Waals surface area contributed by atoms with Gasteiger partial charge in [0, 0.05) is 18.7 Å². The zero-order valence-electron chi connectivity index (χ0n) is 12.7. The second-order valence-electron chi connectivity index (χ2n) is 7.10. The van der Waals surface area contributed by atoms with E-state index in [0.717, 1.165) is 25.0 Å². The molecule has 1 fully saturated rings. The molecule has 0 aliphatic heterocycles. The monoisotopic (exact) mass is 298 g/mol. The van der Waals surface area contributed by atoms with Crippen LogP contribution in [0.1, 0.15) is 59.5 Å². The Morgan fingerprint density at radius 2 is 2.09 bits per heavy atom. The molecule has 4 rings (SSSR count). The Morgan fingerprint density at radius 3 is 2.82 bits per heavy atom. The van der Waals surface area contributed by atoms with E-state index < -0.39 is 0 Å². The molecule has 0 spiro atoms. The molecule has 0 saturated heterocycles. The number of amides is 1. The van der Waals surface area contributed by atoms with Crippen molar-refractivity contribution in [2.45, 2.75) is 45.6 Å². The van der Waals surface area contributed by atoms with Crippen LogP contribution in [-0.2, 0) is 6.42 Å². The fourth-order valence-electron chi connectivity index (χ4n) is 3.08. The summed E-state index contributed by atoms with van der Waals surface area (Å²) in [7, 11) is 0. The van der Waals surface area contributed by atoms with E-state index in [1.807, 2.05) is 0 Å². The van der Waals surface area contributed by atoms with Gasteiger partial charge in [0.05, 0.1) is 17.5 Å². The number of fused-ring (bicyclic) bond motifs is 3. The zero-order chi connectivity index (χ0) is 15.5. The van der Waals surface area contributed by atoms with Crippen LogP contribution in [0.5, 0.6) is 0 Å². The van der Waals surface area contributed by atoms with Crippen molar-refractivity contribution < 1.29 is 9.59 Å². The van der Waals surface area contributed by atoms with E-state index in [4.69, 9.17) is 0 Å². The number of carbonyl (C=O) groups excluding carboxylic acids is 2. The van der Waals surface area contributed by atoms with E-state index in [9.17, 15) is 9.59 Å². The van der Waals surface area contributed by atoms with Crippen LogP contribution in [0.2, 0.25) is 0 Å². The molecule has 6 heteroatoms. The summed E-state index contributed by atoms with van der Waals surface area (Å²) in [4.78, 5) is 28.9. The Balaban J connectivity index is 1.82. The van der Waals surface area contributed by atoms with Crippen molar-refractivity contribution in [3.8, 4) is 0 Å². The fraction of sp³-hybridized carbons (Fsp3) is 0.500. The van der Waals surface area contributed by atoms with Gasteiger partial charge in [-0.25, -0.2) is 9.50 Å². The molecule has 2 aliphatic rings. The molecular weight excluding hydrogens is 280 g/mol. The lowest BCUT2D eigenvalue weighted by Crippen LogP contribution is -2.29. The molecule has 1 amide bonds. The van der Waals surface area contributed by atoms with Crippen molar-refractivity contribution in [2.75, 3.05) is 0 Å². The molecule has 2 aromatic heterocycles. The smallest absolute Gasteiger partial charge is 0.256 e. The number of rotatable bonds is 2. The Bertz CT molecular complexity index is 802. The fourth-order valence-corrected chi connectivity index (χ4v) is 3.08. The Morgan fingerprint density at radius 1 is 1.32 bits per heavy atom. The lowest BCUT2D eigenvalue weighted by Gasteiger charge is -2.29. The molecular formula is C16H18N4O2. The van der Waals surface area contributed by atoms with Crippen molar-refractivity contribution in [3.05, 3.63) is 29.2 Å². The highest BCUT2D eigenvalue weighted by Crippen LogP contribution is 2.34. The van der Waals surface area contributed by atoms with E-state index in [1.165, 1.54) is 0 Å². The van der Waals surface area contributed by atoms with Gasteiger partial charge in [-0.05, 0) is 24.7 Å². The first-order valence-corrected chi connectivity index (χ1v) is 7.64. The number of ketones is 1. The predicted octanol–water partition coefficient (Wildman–Crippen LogP) is 1.78. The quantitative estimate of drug-likeness (QED) is 0.917. The average Bonchev–Trinajstić information content (AvgIpc) is 3.13. The van der Waals surface area contributed by atoms with Crippen molar-refractivity contribution >= 4 is 17.3 Å². The highest BCUT2D eigenvalue weighted by Gasteiger charge is 2.34. The van der Waals surface area contributed by atoms with Crippen LogP contribution in [0.4, 0.5) is 0 Å². The molecule has 0 radical (unpaired) electrons. The Kier molecular flexibility index (Phi) is 2.67. The summed E-state index contributed by atoms with van der Waals surface area (Å²) in [6, 6.07) is 0.292. The van der Waals surface area contributed by atoms with Gasteiger partial charge in [-0.2, -0.15) is 5.10 Å². The van der Waals surface area contributed by atoms with Gasteiger partial charge < -0.3 is 5.32 Å². The third kappa shape index (κ3) is 2.10. The maximum atomic E-state index is 12.3. The average molecular weight is 298 g/mol. The molecule has 0 atom stereocenters. The number of nitrogens with one attached hydrogen (secondary N) is 1. The molecule has 1 saturated carbocycles. The molecule has 0 aromatic carbocycles. The van der Waals surface area contributed by atoms with Gasteiger partial charge in [0.2, 0.25) is 0 Å². The molecule has 22 heavy (non-hydrogen) atoms. The lowest BCUT2D eigenvalue weighted by molar-refractivity contribution is 0.0907. The first kappa shape index (κ1) is 13.4. The van der Waals surface area contributed by atoms with E-state index in [2.05, 4.69) is 29.2 Å². The number of nitrogens with zero attached hydrogens (tertiary/aromatic N) is 3. The van der Waals surface area contributed by atoms with Crippen molar-refractivity contribution in [2.24, 2.45) is 5.41 Å². The van der Waals surface area contributed by atoms with Crippen LogP contribution < -0.4 is 5.32 Å². The minimum atomic E-state index is -0.133. The number of hydrogen-bond donors (Lipinski definition) is 1. The summed E-state index contributed by atoms with van der Waals surface area (Å²) in [5.41, 5.74) is 2.40. The summed E-state index contributed by atoms with van der Waals surface area (Å²) in [6.07, 6.45) is 6.49. The number of hydrogen-bond acceptors (Lipinski definition) is 4. The van der Waals surface area contributed by atoms with Crippen molar-refractivity contribution in [1.82, 2.24) is 19.9 Å². The summed E-state index contributed by atoms with van der Waals surface area (Å²) in [6.45, 7) is 4.15. The standard InChI is InChI=1S/C16H18N4O2/c1-16(2)5-12-10(13(21)6-16)7-17-14-11(8-18-20(12)14)15(22)19-9-3-4-9/h7-9H,3-6H2,1-2H3,(H,19,22). The zero-order valence-corrected chi connectivity index (χ0v) is 12.7. The minimum absolute atomic E-state index is 0.0965. The number of carbonyl (C=O) groups is 2. The van der Waals surface area contributed by atoms with Crippen LogP contribution in [-0.4, -0.2) is 32.3 Å². The predicted molar refractivity (Wildman–Crippen MR) is 79.9 cm³/mol. The first-order valence-electron chi connectivity index (χ1n) is 7.64. The second kappa shape index (κ2) is 4.38. The van der Waals surface area contributed by atoms with Crippen LogP contribution in [0.25, 0.3) is 5.65 Å². The molecule has 1 N–H and O–H groups in total. The molecule has 2 heterocycles. The summed E-state index contributed by atoms with van der Waals surface area (Å²) >= 11 is 0. The summed E-state index contributed by atoms with van der Waals surface area (Å²) in [5, 5.41) is 7.28. The van der Waals surface area contributed by atoms with E-state index in [0.29, 0.717) is 29.2 Å². The topological polar surface area (TPSA) is 76.4 Å². The molecule has 0 bridgehead atoms. The molecule has 6 nitrogen and oxygen atoms in total. The normalized spacial score (nSPS) is 20.0. The van der Waals surface area contributed by atoms with Crippen LogP contribution in [0.15, 0.2) is 12.4 Å². The van der Waals surface area contributed by atoms with Crippen molar-refractivity contribution in [3.63, 3.8) is 0 Å². The largest absolute Gasteiger partial charge is 0.349 e. The van der Waals surface area contributed by atoms with E-state index in [1.54, 1.807) is 16.9 Å². The lowest BCUT2D eigenvalue weighted by atomic mass is 9.76. The van der Waals surface area contributed by atoms with E-state index in [-0.39, 0.29) is 17.1 Å². The van der Waals surface area contributed by atoms with Gasteiger partial charge in [0.15, 0.2) is 11.4 Å². The van der Waals surface area contributed by atoms with Crippen molar-refractivity contribution in [1.29, 1.82) is 0 Å². The molecule has 2 aromatic rings. The summed E-state index contributed by atoms with van der Waals surface area (Å²) in [5.74, 6) is -0.0357. The first-order chi connectivity index (χ1) is 10.4. The molecule has 0 unspecified atom stereocenters. The van der Waals surface area contributed by atoms with Crippen LogP contribution in [0, 0.1) is 5.41 Å². The molecule has 2 aliphatic carbocycles. The third-order valence-electron chi connectivity index (χ3n) is 4.37. The maximum absolute atomic E-state index is 12.3. The highest BCUT2D eigenvalue weighted by atomic mass is 16.2. The van der Waals surface area contributed by atoms with E-state index >= 15 is 0 Å². The van der Waals surface area contributed by atoms with Crippen LogP contribution in [0.3, 0.4) is 0 Å². The van der Waals surface area contributed by atoms with Crippen LogP contribution >= 0.6 is 0 Å². The molecule has 114 valence electrons.